The third-order valence-corrected chi connectivity index (χ3v) is 5.38. The van der Waals surface area contributed by atoms with Gasteiger partial charge in [0.15, 0.2) is 0 Å². The molecule has 1 aliphatic rings. The van der Waals surface area contributed by atoms with Crippen LogP contribution < -0.4 is 5.32 Å². The van der Waals surface area contributed by atoms with E-state index in [1.165, 1.54) is 27.3 Å². The molecule has 0 amide bonds. The highest BCUT2D eigenvalue weighted by Crippen LogP contribution is 2.39. The summed E-state index contributed by atoms with van der Waals surface area (Å²) >= 11 is 1.99. The van der Waals surface area contributed by atoms with Gasteiger partial charge in [0.25, 0.3) is 0 Å². The molecule has 1 unspecified atom stereocenters. The van der Waals surface area contributed by atoms with Crippen LogP contribution in [0.3, 0.4) is 0 Å². The van der Waals surface area contributed by atoms with E-state index in [0.29, 0.717) is 12.0 Å². The van der Waals surface area contributed by atoms with E-state index < -0.39 is 0 Å². The van der Waals surface area contributed by atoms with Crippen molar-refractivity contribution in [1.82, 2.24) is 5.32 Å². The first-order valence-electron chi connectivity index (χ1n) is 7.26. The van der Waals surface area contributed by atoms with E-state index in [2.05, 4.69) is 67.7 Å². The monoisotopic (exact) mass is 283 g/mol. The summed E-state index contributed by atoms with van der Waals surface area (Å²) in [5, 5.41) is 3.71. The second-order valence-corrected chi connectivity index (χ2v) is 6.59. The van der Waals surface area contributed by atoms with Crippen molar-refractivity contribution in [3.05, 3.63) is 65.2 Å². The van der Waals surface area contributed by atoms with Crippen LogP contribution in [0.4, 0.5) is 0 Å². The first-order chi connectivity index (χ1) is 9.75. The molecule has 0 aromatic heterocycles. The summed E-state index contributed by atoms with van der Waals surface area (Å²) in [7, 11) is 0. The summed E-state index contributed by atoms with van der Waals surface area (Å²) in [4.78, 5) is 1.46. The van der Waals surface area contributed by atoms with Gasteiger partial charge in [0, 0.05) is 29.2 Å². The van der Waals surface area contributed by atoms with E-state index in [-0.39, 0.29) is 0 Å². The quantitative estimate of drug-likeness (QED) is 0.884. The van der Waals surface area contributed by atoms with Crippen LogP contribution in [0.1, 0.15) is 35.6 Å². The Labute approximate surface area is 125 Å². The summed E-state index contributed by atoms with van der Waals surface area (Å²) in [6.45, 7) is 5.50. The summed E-state index contributed by atoms with van der Waals surface area (Å²) in [6.07, 6.45) is 0. The molecule has 2 atom stereocenters. The first kappa shape index (κ1) is 13.7. The molecule has 2 heteroatoms. The van der Waals surface area contributed by atoms with Crippen LogP contribution >= 0.6 is 11.8 Å². The van der Waals surface area contributed by atoms with Crippen LogP contribution in [-0.2, 0) is 0 Å². The van der Waals surface area contributed by atoms with E-state index in [9.17, 15) is 0 Å². The van der Waals surface area contributed by atoms with Gasteiger partial charge in [-0.2, -0.15) is 0 Å². The maximum absolute atomic E-state index is 3.71. The average Bonchev–Trinajstić information content (AvgIpc) is 2.88. The Kier molecular flexibility index (Phi) is 4.13. The smallest absolute Gasteiger partial charge is 0.0294 e. The van der Waals surface area contributed by atoms with E-state index in [1.54, 1.807) is 0 Å². The largest absolute Gasteiger partial charge is 0.310 e. The van der Waals surface area contributed by atoms with E-state index >= 15 is 0 Å². The van der Waals surface area contributed by atoms with Gasteiger partial charge in [0.1, 0.15) is 0 Å². The lowest BCUT2D eigenvalue weighted by Gasteiger charge is -2.19. The molecule has 0 aliphatic carbocycles. The number of aryl methyl sites for hydroxylation is 1. The minimum Gasteiger partial charge on any atom is -0.310 e. The molecule has 3 rings (SSSR count). The van der Waals surface area contributed by atoms with Crippen molar-refractivity contribution in [3.63, 3.8) is 0 Å². The number of rotatable bonds is 4. The minimum absolute atomic E-state index is 0.411. The first-order valence-corrected chi connectivity index (χ1v) is 8.25. The van der Waals surface area contributed by atoms with Crippen LogP contribution in [-0.4, -0.2) is 12.3 Å². The van der Waals surface area contributed by atoms with Gasteiger partial charge in [-0.05, 0) is 36.6 Å². The van der Waals surface area contributed by atoms with Crippen LogP contribution in [0.25, 0.3) is 0 Å². The maximum atomic E-state index is 3.71. The molecule has 0 bridgehead atoms. The predicted molar refractivity (Wildman–Crippen MR) is 87.5 cm³/mol. The van der Waals surface area contributed by atoms with Gasteiger partial charge in [-0.3, -0.25) is 0 Å². The molecule has 0 saturated carbocycles. The maximum Gasteiger partial charge on any atom is 0.0294 e. The lowest BCUT2D eigenvalue weighted by atomic mass is 9.99. The third-order valence-electron chi connectivity index (χ3n) is 4.12. The molecule has 0 spiro atoms. The Morgan fingerprint density at radius 1 is 1.15 bits per heavy atom. The molecule has 104 valence electrons. The minimum atomic E-state index is 0.411. The van der Waals surface area contributed by atoms with Crippen molar-refractivity contribution in [2.45, 2.75) is 30.7 Å². The zero-order chi connectivity index (χ0) is 13.9. The van der Waals surface area contributed by atoms with Crippen molar-refractivity contribution < 1.29 is 0 Å². The summed E-state index contributed by atoms with van der Waals surface area (Å²) in [5.74, 6) is 1.84. The van der Waals surface area contributed by atoms with Crippen molar-refractivity contribution in [2.24, 2.45) is 0 Å². The number of hydrogen-bond donors (Lipinski definition) is 1. The molecule has 2 aromatic carbocycles. The van der Waals surface area contributed by atoms with Crippen LogP contribution in [0.5, 0.6) is 0 Å². The topological polar surface area (TPSA) is 12.0 Å². The van der Waals surface area contributed by atoms with E-state index in [4.69, 9.17) is 0 Å². The summed E-state index contributed by atoms with van der Waals surface area (Å²) < 4.78 is 0. The Hall–Kier alpha value is -1.25. The van der Waals surface area contributed by atoms with Gasteiger partial charge in [-0.25, -0.2) is 0 Å². The zero-order valence-corrected chi connectivity index (χ0v) is 12.9. The molecular formula is C18H21NS. The number of thioether (sulfide) groups is 1. The standard InChI is InChI=1S/C18H21NS/c1-13-7-3-4-8-16(13)14(2)19-11-15-12-20-18-10-6-5-9-17(15)18/h3-10,14-15,19H,11-12H2,1-2H3/t14-,15?/m0/s1. The predicted octanol–water partition coefficient (Wildman–Crippen LogP) is 4.54. The van der Waals surface area contributed by atoms with Crippen LogP contribution in [0.2, 0.25) is 0 Å². The number of nitrogens with one attached hydrogen (secondary N) is 1. The highest BCUT2D eigenvalue weighted by atomic mass is 32.2. The normalized spacial score (nSPS) is 18.8. The van der Waals surface area contributed by atoms with Gasteiger partial charge in [0.2, 0.25) is 0 Å². The fourth-order valence-corrected chi connectivity index (χ4v) is 4.15. The highest BCUT2D eigenvalue weighted by molar-refractivity contribution is 7.99. The van der Waals surface area contributed by atoms with Gasteiger partial charge in [-0.1, -0.05) is 42.5 Å². The molecule has 2 aromatic rings. The molecule has 20 heavy (non-hydrogen) atoms. The highest BCUT2D eigenvalue weighted by Gasteiger charge is 2.22. The molecular weight excluding hydrogens is 262 g/mol. The van der Waals surface area contributed by atoms with Crippen molar-refractivity contribution in [3.8, 4) is 0 Å². The van der Waals surface area contributed by atoms with Crippen molar-refractivity contribution in [1.29, 1.82) is 0 Å². The molecule has 1 heterocycles. The van der Waals surface area contributed by atoms with Crippen LogP contribution in [0, 0.1) is 6.92 Å². The second kappa shape index (κ2) is 6.02. The fourth-order valence-electron chi connectivity index (χ4n) is 2.90. The number of benzene rings is 2. The Bertz CT molecular complexity index is 593. The van der Waals surface area contributed by atoms with Crippen molar-refractivity contribution in [2.75, 3.05) is 12.3 Å². The number of hydrogen-bond acceptors (Lipinski definition) is 2. The Balaban J connectivity index is 1.65. The van der Waals surface area contributed by atoms with Crippen molar-refractivity contribution >= 4 is 11.8 Å². The lowest BCUT2D eigenvalue weighted by molar-refractivity contribution is 0.539. The molecule has 0 saturated heterocycles. The van der Waals surface area contributed by atoms with Gasteiger partial charge in [-0.15, -0.1) is 11.8 Å². The molecule has 0 radical (unpaired) electrons. The van der Waals surface area contributed by atoms with Gasteiger partial charge < -0.3 is 5.32 Å². The van der Waals surface area contributed by atoms with E-state index in [1.807, 2.05) is 11.8 Å². The molecule has 1 nitrogen and oxygen atoms in total. The second-order valence-electron chi connectivity index (χ2n) is 5.53. The zero-order valence-electron chi connectivity index (χ0n) is 12.1. The Morgan fingerprint density at radius 3 is 2.75 bits per heavy atom. The third kappa shape index (κ3) is 2.77. The lowest BCUT2D eigenvalue weighted by Crippen LogP contribution is -2.25. The molecule has 0 fully saturated rings. The van der Waals surface area contributed by atoms with Crippen LogP contribution in [0.15, 0.2) is 53.4 Å². The SMILES string of the molecule is Cc1ccccc1[C@H](C)NCC1CSc2ccccc21. The average molecular weight is 283 g/mol. The van der Waals surface area contributed by atoms with E-state index in [0.717, 1.165) is 6.54 Å². The summed E-state index contributed by atoms with van der Waals surface area (Å²) in [5.41, 5.74) is 4.29. The number of fused-ring (bicyclic) bond motifs is 1. The molecule has 1 aliphatic heterocycles. The molecule has 1 N–H and O–H groups in total. The fraction of sp³-hybridized carbons (Fsp3) is 0.333. The summed E-state index contributed by atoms with van der Waals surface area (Å²) in [6, 6.07) is 17.9. The van der Waals surface area contributed by atoms with Gasteiger partial charge >= 0.3 is 0 Å². The van der Waals surface area contributed by atoms with Gasteiger partial charge in [0.05, 0.1) is 0 Å². The Morgan fingerprint density at radius 2 is 1.90 bits per heavy atom.